The van der Waals surface area contributed by atoms with Crippen molar-refractivity contribution in [3.05, 3.63) is 56.8 Å². The zero-order valence-corrected chi connectivity index (χ0v) is 15.2. The molecule has 0 saturated carbocycles. The molecule has 0 bridgehead atoms. The number of hydrogen-bond acceptors (Lipinski definition) is 1. The Hall–Kier alpha value is -0.900. The second-order valence-corrected chi connectivity index (χ2v) is 11.3. The predicted octanol–water partition coefficient (Wildman–Crippen LogP) is 5.95. The number of allylic oxidation sites excluding steroid dienone is 9. The van der Waals surface area contributed by atoms with E-state index in [1.54, 1.807) is 11.1 Å². The molecule has 1 heterocycles. The van der Waals surface area contributed by atoms with Crippen molar-refractivity contribution in [2.45, 2.75) is 39.0 Å². The topological polar surface area (TPSA) is 23.9 Å². The van der Waals surface area contributed by atoms with Gasteiger partial charge >= 0.3 is 136 Å². The van der Waals surface area contributed by atoms with Crippen LogP contribution in [0, 0.1) is 11.3 Å². The summed E-state index contributed by atoms with van der Waals surface area (Å²) in [4.78, 5) is 2.27. The molecule has 0 aromatic carbocycles. The van der Waals surface area contributed by atoms with Crippen LogP contribution in [-0.4, -0.2) is 8.65 Å². The van der Waals surface area contributed by atoms with Gasteiger partial charge in [0, 0.05) is 0 Å². The van der Waals surface area contributed by atoms with Crippen LogP contribution in [0.25, 0.3) is 0 Å². The van der Waals surface area contributed by atoms with Gasteiger partial charge in [0.1, 0.15) is 0 Å². The van der Waals surface area contributed by atoms with Crippen LogP contribution in [0.3, 0.4) is 0 Å². The second kappa shape index (κ2) is 6.07. The van der Waals surface area contributed by atoms with Crippen LogP contribution in [0.1, 0.15) is 39.0 Å². The van der Waals surface area contributed by atoms with Crippen LogP contribution < -0.4 is 0 Å². The molecule has 112 valence electrons. The molecule has 2 heteroatoms. The van der Waals surface area contributed by atoms with Crippen LogP contribution in [0.2, 0.25) is 0 Å². The van der Waals surface area contributed by atoms with Crippen molar-refractivity contribution in [1.82, 2.24) is 0 Å². The summed E-state index contributed by atoms with van der Waals surface area (Å²) in [7, 11) is 0. The Kier molecular flexibility index (Phi) is 4.34. The molecule has 0 spiro atoms. The maximum absolute atomic E-state index is 8.26. The van der Waals surface area contributed by atoms with Crippen molar-refractivity contribution in [3.8, 4) is 0 Å². The Morgan fingerprint density at radius 1 is 1.14 bits per heavy atom. The molecule has 0 amide bonds. The van der Waals surface area contributed by atoms with Gasteiger partial charge in [0.05, 0.1) is 0 Å². The van der Waals surface area contributed by atoms with Gasteiger partial charge in [-0.25, -0.2) is 0 Å². The van der Waals surface area contributed by atoms with Gasteiger partial charge in [-0.05, 0) is 0 Å². The van der Waals surface area contributed by atoms with Gasteiger partial charge in [-0.3, -0.25) is 0 Å². The van der Waals surface area contributed by atoms with Crippen LogP contribution >= 0.6 is 19.8 Å². The van der Waals surface area contributed by atoms with E-state index in [9.17, 15) is 0 Å². The van der Waals surface area contributed by atoms with E-state index in [1.165, 1.54) is 34.0 Å². The van der Waals surface area contributed by atoms with Crippen LogP contribution in [0.15, 0.2) is 56.8 Å². The summed E-state index contributed by atoms with van der Waals surface area (Å²) in [6.07, 6.45) is 15.0. The molecule has 1 nitrogen and oxygen atoms in total. The minimum atomic E-state index is -1.35. The van der Waals surface area contributed by atoms with Crippen molar-refractivity contribution < 1.29 is 0 Å². The van der Waals surface area contributed by atoms with E-state index in [4.69, 9.17) is 5.41 Å². The van der Waals surface area contributed by atoms with E-state index < -0.39 is 19.8 Å². The van der Waals surface area contributed by atoms with Gasteiger partial charge in [0.2, 0.25) is 0 Å². The molecule has 0 aromatic heterocycles. The molecule has 3 aliphatic rings. The Labute approximate surface area is 135 Å². The van der Waals surface area contributed by atoms with Gasteiger partial charge in [0.15, 0.2) is 0 Å². The fraction of sp³-hybridized carbons (Fsp3) is 0.421. The average molecular weight is 393 g/mol. The number of nitrogens with one attached hydrogen (secondary N) is 1. The van der Waals surface area contributed by atoms with E-state index >= 15 is 0 Å². The Morgan fingerprint density at radius 2 is 1.81 bits per heavy atom. The summed E-state index contributed by atoms with van der Waals surface area (Å²) in [5, 5.41) is 8.26. The monoisotopic (exact) mass is 393 g/mol. The van der Waals surface area contributed by atoms with Gasteiger partial charge in [-0.1, -0.05) is 0 Å². The third kappa shape index (κ3) is 2.87. The third-order valence-corrected chi connectivity index (χ3v) is 9.92. The minimum absolute atomic E-state index is 0.471. The normalized spacial score (nSPS) is 27.0. The summed E-state index contributed by atoms with van der Waals surface area (Å²) in [6.45, 7) is 6.55. The second-order valence-electron chi connectivity index (χ2n) is 6.12. The molecule has 0 aromatic rings. The van der Waals surface area contributed by atoms with Crippen LogP contribution in [0.5, 0.6) is 0 Å². The van der Waals surface area contributed by atoms with Crippen molar-refractivity contribution in [1.29, 1.82) is 5.41 Å². The van der Waals surface area contributed by atoms with E-state index in [2.05, 4.69) is 42.7 Å². The van der Waals surface area contributed by atoms with Crippen LogP contribution in [-0.2, 0) is 0 Å². The Bertz CT molecular complexity index is 615. The standard InChI is InChI=1S/C19H24IN/c1-4-14-5-7-15(8-6-14)11-16-9-10-17-18(12-16)13(2)20(3)19(17)21/h5,7,9-10,18,21H,2,4,6,8,11-12H2,1,3H3. The molecule has 3 rings (SSSR count). The number of fused-ring (bicyclic) bond motifs is 1. The summed E-state index contributed by atoms with van der Waals surface area (Å²) in [5.41, 5.74) is 5.96. The molecule has 1 fully saturated rings. The number of hydrogen-bond donors (Lipinski definition) is 1. The first kappa shape index (κ1) is 15.0. The zero-order valence-electron chi connectivity index (χ0n) is 13.0. The van der Waals surface area contributed by atoms with Crippen LogP contribution in [0.4, 0.5) is 0 Å². The molecule has 1 N–H and O–H groups in total. The zero-order chi connectivity index (χ0) is 15.0. The van der Waals surface area contributed by atoms with Crippen molar-refractivity contribution in [3.63, 3.8) is 0 Å². The summed E-state index contributed by atoms with van der Waals surface area (Å²) >= 11 is -1.35. The van der Waals surface area contributed by atoms with Gasteiger partial charge in [-0.2, -0.15) is 0 Å². The first-order chi connectivity index (χ1) is 10.1. The SMILES string of the molecule is C=C1C2CC(CC3=CC=C(CC)CC3)=CC=C2C(=N)I1C. The Balaban J connectivity index is 1.73. The molecule has 1 saturated heterocycles. The molecule has 21 heavy (non-hydrogen) atoms. The van der Waals surface area contributed by atoms with Crippen molar-refractivity contribution >= 4 is 23.5 Å². The average Bonchev–Trinajstić information content (AvgIpc) is 2.73. The summed E-state index contributed by atoms with van der Waals surface area (Å²) < 4.78 is 2.34. The Morgan fingerprint density at radius 3 is 2.48 bits per heavy atom. The predicted molar refractivity (Wildman–Crippen MR) is 101 cm³/mol. The molecule has 2 aliphatic carbocycles. The van der Waals surface area contributed by atoms with E-state index in [0.717, 1.165) is 16.6 Å². The van der Waals surface area contributed by atoms with Crippen molar-refractivity contribution in [2.75, 3.05) is 4.93 Å². The van der Waals surface area contributed by atoms with E-state index in [1.807, 2.05) is 0 Å². The van der Waals surface area contributed by atoms with E-state index in [0.29, 0.717) is 5.92 Å². The van der Waals surface area contributed by atoms with Gasteiger partial charge in [-0.15, -0.1) is 0 Å². The third-order valence-electron chi connectivity index (χ3n) is 4.85. The number of alkyl halides is 1. The maximum atomic E-state index is 8.26. The molecule has 1 atom stereocenters. The van der Waals surface area contributed by atoms with Crippen molar-refractivity contribution in [2.24, 2.45) is 5.92 Å². The molecular formula is C19H24IN. The summed E-state index contributed by atoms with van der Waals surface area (Å²) in [6, 6.07) is 0. The fourth-order valence-electron chi connectivity index (χ4n) is 3.34. The molecule has 1 aliphatic heterocycles. The first-order valence-electron chi connectivity index (χ1n) is 7.74. The fourth-order valence-corrected chi connectivity index (χ4v) is 7.21. The van der Waals surface area contributed by atoms with Gasteiger partial charge < -0.3 is 0 Å². The molecular weight excluding hydrogens is 369 g/mol. The molecule has 0 radical (unpaired) electrons. The first-order valence-corrected chi connectivity index (χ1v) is 12.1. The number of rotatable bonds is 3. The number of halogens is 1. The van der Waals surface area contributed by atoms with Gasteiger partial charge in [0.25, 0.3) is 0 Å². The molecule has 1 unspecified atom stereocenters. The quantitative estimate of drug-likeness (QED) is 0.453. The summed E-state index contributed by atoms with van der Waals surface area (Å²) in [5.74, 6) is 0.471. The van der Waals surface area contributed by atoms with E-state index in [-0.39, 0.29) is 0 Å².